The Hall–Kier alpha value is -3.28. The van der Waals surface area contributed by atoms with Crippen molar-refractivity contribution in [3.8, 4) is 17.0 Å². The van der Waals surface area contributed by atoms with Crippen molar-refractivity contribution in [3.63, 3.8) is 0 Å². The molecule has 2 heterocycles. The van der Waals surface area contributed by atoms with Gasteiger partial charge in [0.25, 0.3) is 5.91 Å². The number of aliphatic hydroxyl groups excluding tert-OH is 2. The van der Waals surface area contributed by atoms with Crippen molar-refractivity contribution in [1.82, 2.24) is 15.2 Å². The minimum absolute atomic E-state index is 0.149. The number of benzene rings is 1. The molecular formula is C20H20ClF2N5O4. The van der Waals surface area contributed by atoms with E-state index in [1.165, 1.54) is 30.5 Å². The summed E-state index contributed by atoms with van der Waals surface area (Å²) in [4.78, 5) is 16.9. The Morgan fingerprint density at radius 1 is 1.28 bits per heavy atom. The van der Waals surface area contributed by atoms with E-state index in [-0.39, 0.29) is 30.9 Å². The second kappa shape index (κ2) is 10.4. The standard InChI is InChI=1S/C20H20ClF2N5O4/c21-20(22,23)32-15-3-1-13(2-4-15)27-19(31)12-9-16(17-5-7-26-28-17)18(24-10-12)25-11-14(30)6-8-29/h1-5,7,9-10,14,29-30H,6,8,11H2,(H,24,25)(H,26,28)(H,27,31). The Balaban J connectivity index is 1.75. The van der Waals surface area contributed by atoms with E-state index in [0.29, 0.717) is 22.8 Å². The van der Waals surface area contributed by atoms with Gasteiger partial charge in [0.2, 0.25) is 0 Å². The van der Waals surface area contributed by atoms with Crippen LogP contribution in [0.5, 0.6) is 5.75 Å². The normalized spacial score (nSPS) is 12.3. The highest BCUT2D eigenvalue weighted by molar-refractivity contribution is 6.20. The van der Waals surface area contributed by atoms with E-state index in [1.54, 1.807) is 18.3 Å². The van der Waals surface area contributed by atoms with Gasteiger partial charge in [-0.25, -0.2) is 4.98 Å². The van der Waals surface area contributed by atoms with E-state index in [9.17, 15) is 18.7 Å². The van der Waals surface area contributed by atoms with E-state index in [4.69, 9.17) is 16.7 Å². The summed E-state index contributed by atoms with van der Waals surface area (Å²) in [6.07, 6.45) is 2.33. The van der Waals surface area contributed by atoms with E-state index >= 15 is 0 Å². The predicted molar refractivity (Wildman–Crippen MR) is 114 cm³/mol. The average molecular weight is 468 g/mol. The van der Waals surface area contributed by atoms with Crippen LogP contribution in [0.3, 0.4) is 0 Å². The first-order valence-electron chi connectivity index (χ1n) is 9.45. The number of halogens is 3. The lowest BCUT2D eigenvalue weighted by molar-refractivity contribution is -0.0964. The zero-order valence-corrected chi connectivity index (χ0v) is 17.3. The molecule has 1 aromatic carbocycles. The maximum absolute atomic E-state index is 12.7. The van der Waals surface area contributed by atoms with E-state index in [0.717, 1.165) is 0 Å². The van der Waals surface area contributed by atoms with Gasteiger partial charge in [0.05, 0.1) is 17.4 Å². The largest absolute Gasteiger partial charge is 0.487 e. The highest BCUT2D eigenvalue weighted by Gasteiger charge is 2.27. The van der Waals surface area contributed by atoms with Crippen molar-refractivity contribution in [2.24, 2.45) is 0 Å². The van der Waals surface area contributed by atoms with Crippen molar-refractivity contribution in [3.05, 3.63) is 54.4 Å². The number of alkyl halides is 3. The molecule has 12 heteroatoms. The van der Waals surface area contributed by atoms with Gasteiger partial charge in [-0.1, -0.05) is 0 Å². The molecule has 0 bridgehead atoms. The highest BCUT2D eigenvalue weighted by atomic mass is 35.5. The van der Waals surface area contributed by atoms with Crippen LogP contribution in [0.15, 0.2) is 48.8 Å². The third kappa shape index (κ3) is 6.61. The number of anilines is 2. The molecule has 0 aliphatic heterocycles. The summed E-state index contributed by atoms with van der Waals surface area (Å²) >= 11 is 4.73. The Bertz CT molecular complexity index is 1030. The van der Waals surface area contributed by atoms with Crippen molar-refractivity contribution in [1.29, 1.82) is 0 Å². The van der Waals surface area contributed by atoms with Gasteiger partial charge in [-0.2, -0.15) is 5.10 Å². The molecule has 0 saturated heterocycles. The van der Waals surface area contributed by atoms with Crippen LogP contribution in [0.2, 0.25) is 0 Å². The van der Waals surface area contributed by atoms with Crippen molar-refractivity contribution >= 4 is 29.0 Å². The molecule has 0 saturated carbocycles. The fraction of sp³-hybridized carbons (Fsp3) is 0.250. The number of aromatic amines is 1. The molecule has 0 radical (unpaired) electrons. The van der Waals surface area contributed by atoms with Crippen LogP contribution in [-0.2, 0) is 0 Å². The number of nitrogens with one attached hydrogen (secondary N) is 3. The van der Waals surface area contributed by atoms with Crippen LogP contribution in [0.4, 0.5) is 20.3 Å². The molecule has 32 heavy (non-hydrogen) atoms. The third-order valence-electron chi connectivity index (χ3n) is 4.25. The number of hydrogen-bond acceptors (Lipinski definition) is 7. The van der Waals surface area contributed by atoms with Crippen LogP contribution >= 0.6 is 11.6 Å². The van der Waals surface area contributed by atoms with Crippen LogP contribution in [0.1, 0.15) is 16.8 Å². The number of amides is 1. The van der Waals surface area contributed by atoms with Crippen LogP contribution in [0.25, 0.3) is 11.3 Å². The van der Waals surface area contributed by atoms with Gasteiger partial charge >= 0.3 is 5.57 Å². The Labute approximate surface area is 186 Å². The van der Waals surface area contributed by atoms with Crippen LogP contribution < -0.4 is 15.4 Å². The fourth-order valence-electron chi connectivity index (χ4n) is 2.75. The number of ether oxygens (including phenoxy) is 1. The zero-order chi connectivity index (χ0) is 23.1. The van der Waals surface area contributed by atoms with E-state index in [1.807, 2.05) is 0 Å². The first-order chi connectivity index (χ1) is 15.2. The number of aromatic nitrogens is 3. The van der Waals surface area contributed by atoms with Gasteiger partial charge < -0.3 is 25.6 Å². The SMILES string of the molecule is O=C(Nc1ccc(OC(F)(F)Cl)cc1)c1cnc(NCC(O)CCO)c(-c2ccn[nH]2)c1. The van der Waals surface area contributed by atoms with Crippen molar-refractivity contribution < 1.29 is 28.5 Å². The summed E-state index contributed by atoms with van der Waals surface area (Å²) in [5.74, 6) is -0.238. The number of pyridine rings is 1. The van der Waals surface area contributed by atoms with Crippen LogP contribution in [0, 0.1) is 0 Å². The van der Waals surface area contributed by atoms with E-state index in [2.05, 4.69) is 30.6 Å². The average Bonchev–Trinajstić information content (AvgIpc) is 3.27. The molecule has 0 spiro atoms. The van der Waals surface area contributed by atoms with Crippen LogP contribution in [-0.4, -0.2) is 56.1 Å². The predicted octanol–water partition coefficient (Wildman–Crippen LogP) is 3.05. The summed E-state index contributed by atoms with van der Waals surface area (Å²) < 4.78 is 29.6. The monoisotopic (exact) mass is 467 g/mol. The minimum Gasteiger partial charge on any atom is -0.420 e. The lowest BCUT2D eigenvalue weighted by Crippen LogP contribution is -2.21. The van der Waals surface area contributed by atoms with Gasteiger partial charge in [-0.05, 0) is 42.8 Å². The summed E-state index contributed by atoms with van der Waals surface area (Å²) in [5.41, 5.74) is -2.13. The first-order valence-corrected chi connectivity index (χ1v) is 9.82. The first kappa shape index (κ1) is 23.4. The number of hydrogen-bond donors (Lipinski definition) is 5. The van der Waals surface area contributed by atoms with Crippen molar-refractivity contribution in [2.45, 2.75) is 18.1 Å². The smallest absolute Gasteiger partial charge is 0.420 e. The molecule has 0 aliphatic rings. The van der Waals surface area contributed by atoms with E-state index < -0.39 is 17.6 Å². The molecule has 0 aliphatic carbocycles. The molecule has 1 unspecified atom stereocenters. The topological polar surface area (TPSA) is 132 Å². The lowest BCUT2D eigenvalue weighted by Gasteiger charge is -2.15. The number of nitrogens with zero attached hydrogens (tertiary/aromatic N) is 2. The summed E-state index contributed by atoms with van der Waals surface area (Å²) in [6.45, 7) is 0.000204. The maximum Gasteiger partial charge on any atom is 0.487 e. The second-order valence-electron chi connectivity index (χ2n) is 6.66. The molecule has 9 nitrogen and oxygen atoms in total. The van der Waals surface area contributed by atoms with Gasteiger partial charge in [0.15, 0.2) is 0 Å². The van der Waals surface area contributed by atoms with Crippen molar-refractivity contribution in [2.75, 3.05) is 23.8 Å². The summed E-state index contributed by atoms with van der Waals surface area (Å²) in [5, 5.41) is 31.1. The quantitative estimate of drug-likeness (QED) is 0.289. The Morgan fingerprint density at radius 3 is 2.66 bits per heavy atom. The number of aliphatic hydroxyl groups is 2. The molecule has 5 N–H and O–H groups in total. The van der Waals surface area contributed by atoms with Gasteiger partial charge in [0, 0.05) is 48.4 Å². The number of H-pyrrole nitrogens is 1. The second-order valence-corrected chi connectivity index (χ2v) is 7.10. The number of carbonyl (C=O) groups is 1. The number of rotatable bonds is 10. The molecule has 3 aromatic rings. The Kier molecular flexibility index (Phi) is 7.57. The van der Waals surface area contributed by atoms with Gasteiger partial charge in [-0.3, -0.25) is 9.89 Å². The zero-order valence-electron chi connectivity index (χ0n) is 16.6. The third-order valence-corrected chi connectivity index (χ3v) is 4.33. The molecule has 2 aromatic heterocycles. The fourth-order valence-corrected chi connectivity index (χ4v) is 2.84. The molecule has 170 valence electrons. The van der Waals surface area contributed by atoms with Gasteiger partial charge in [0.1, 0.15) is 11.6 Å². The molecule has 0 fully saturated rings. The molecular weight excluding hydrogens is 448 g/mol. The van der Waals surface area contributed by atoms with Gasteiger partial charge in [-0.15, -0.1) is 8.78 Å². The summed E-state index contributed by atoms with van der Waals surface area (Å²) in [6, 6.07) is 8.53. The molecule has 3 rings (SSSR count). The molecule has 1 amide bonds. The lowest BCUT2D eigenvalue weighted by atomic mass is 10.1. The number of carbonyl (C=O) groups excluding carboxylic acids is 1. The minimum atomic E-state index is -3.83. The maximum atomic E-state index is 12.7. The summed E-state index contributed by atoms with van der Waals surface area (Å²) in [7, 11) is 0. The molecule has 1 atom stereocenters. The Morgan fingerprint density at radius 2 is 2.03 bits per heavy atom. The highest BCUT2D eigenvalue weighted by Crippen LogP contribution is 2.27.